The topological polar surface area (TPSA) is 41.6 Å². The summed E-state index contributed by atoms with van der Waals surface area (Å²) in [5, 5.41) is 3.01. The maximum Gasteiger partial charge on any atom is 0.234 e. The Morgan fingerprint density at radius 1 is 1.09 bits per heavy atom. The predicted octanol–water partition coefficient (Wildman–Crippen LogP) is 2.87. The molecular weight excluding hydrogens is 288 g/mol. The first-order valence-corrected chi connectivity index (χ1v) is 7.86. The number of benzene rings is 2. The van der Waals surface area contributed by atoms with E-state index in [0.717, 1.165) is 11.3 Å². The van der Waals surface area contributed by atoms with Crippen LogP contribution in [0, 0.1) is 0 Å². The second-order valence-electron chi connectivity index (χ2n) is 5.60. The number of rotatable bonds is 8. The maximum atomic E-state index is 12.1. The van der Waals surface area contributed by atoms with Crippen molar-refractivity contribution in [2.75, 3.05) is 26.7 Å². The third-order valence-corrected chi connectivity index (χ3v) is 3.58. The Morgan fingerprint density at radius 2 is 1.70 bits per heavy atom. The molecule has 0 spiro atoms. The van der Waals surface area contributed by atoms with E-state index < -0.39 is 0 Å². The van der Waals surface area contributed by atoms with E-state index in [1.54, 1.807) is 0 Å². The predicted molar refractivity (Wildman–Crippen MR) is 92.4 cm³/mol. The summed E-state index contributed by atoms with van der Waals surface area (Å²) in [6, 6.07) is 19.7. The smallest absolute Gasteiger partial charge is 0.234 e. The summed E-state index contributed by atoms with van der Waals surface area (Å²) in [4.78, 5) is 14.0. The van der Waals surface area contributed by atoms with Crippen LogP contribution in [0.4, 0.5) is 0 Å². The molecule has 1 atom stereocenters. The monoisotopic (exact) mass is 312 g/mol. The average Bonchev–Trinajstić information content (AvgIpc) is 2.56. The minimum atomic E-state index is 0.0117. The molecule has 1 N–H and O–H groups in total. The lowest BCUT2D eigenvalue weighted by molar-refractivity contribution is -0.122. The van der Waals surface area contributed by atoms with Gasteiger partial charge < -0.3 is 10.1 Å². The number of hydrogen-bond acceptors (Lipinski definition) is 3. The summed E-state index contributed by atoms with van der Waals surface area (Å²) in [7, 11) is 1.92. The highest BCUT2D eigenvalue weighted by Gasteiger charge is 2.11. The Balaban J connectivity index is 1.68. The van der Waals surface area contributed by atoms with E-state index >= 15 is 0 Å². The van der Waals surface area contributed by atoms with Crippen molar-refractivity contribution in [3.63, 3.8) is 0 Å². The Morgan fingerprint density at radius 3 is 2.35 bits per heavy atom. The first-order chi connectivity index (χ1) is 11.1. The molecule has 0 aliphatic heterocycles. The fourth-order valence-corrected chi connectivity index (χ4v) is 2.27. The third-order valence-electron chi connectivity index (χ3n) is 3.58. The zero-order chi connectivity index (χ0) is 16.5. The van der Waals surface area contributed by atoms with E-state index in [0.29, 0.717) is 19.7 Å². The van der Waals surface area contributed by atoms with E-state index in [-0.39, 0.29) is 11.9 Å². The molecular formula is C19H24N2O2. The van der Waals surface area contributed by atoms with Gasteiger partial charge in [-0.3, -0.25) is 9.69 Å². The molecule has 0 aromatic heterocycles. The fraction of sp³-hybridized carbons (Fsp3) is 0.316. The van der Waals surface area contributed by atoms with Crippen LogP contribution in [0.3, 0.4) is 0 Å². The van der Waals surface area contributed by atoms with Gasteiger partial charge in [0.15, 0.2) is 0 Å². The molecule has 0 aliphatic carbocycles. The van der Waals surface area contributed by atoms with Crippen molar-refractivity contribution in [3.8, 4) is 5.75 Å². The van der Waals surface area contributed by atoms with Crippen LogP contribution in [0.2, 0.25) is 0 Å². The first-order valence-electron chi connectivity index (χ1n) is 7.86. The highest BCUT2D eigenvalue weighted by Crippen LogP contribution is 2.11. The summed E-state index contributed by atoms with van der Waals surface area (Å²) in [5.74, 6) is 0.867. The van der Waals surface area contributed by atoms with Crippen LogP contribution in [0.5, 0.6) is 5.75 Å². The van der Waals surface area contributed by atoms with Crippen LogP contribution in [-0.4, -0.2) is 37.6 Å². The van der Waals surface area contributed by atoms with E-state index in [2.05, 4.69) is 5.32 Å². The number of likely N-dealkylation sites (N-methyl/N-ethyl adjacent to an activating group) is 1. The number of carbonyl (C=O) groups excluding carboxylic acids is 1. The van der Waals surface area contributed by atoms with E-state index in [1.807, 2.05) is 79.5 Å². The van der Waals surface area contributed by atoms with Crippen molar-refractivity contribution in [2.45, 2.75) is 13.0 Å². The quantitative estimate of drug-likeness (QED) is 0.815. The molecule has 0 fully saturated rings. The van der Waals surface area contributed by atoms with Crippen molar-refractivity contribution in [2.24, 2.45) is 0 Å². The van der Waals surface area contributed by atoms with Crippen LogP contribution in [0.25, 0.3) is 0 Å². The van der Waals surface area contributed by atoms with Gasteiger partial charge in [0.05, 0.1) is 12.6 Å². The maximum absolute atomic E-state index is 12.1. The molecule has 0 saturated heterocycles. The number of amides is 1. The van der Waals surface area contributed by atoms with Crippen LogP contribution < -0.4 is 10.1 Å². The van der Waals surface area contributed by atoms with Crippen LogP contribution >= 0.6 is 0 Å². The van der Waals surface area contributed by atoms with Gasteiger partial charge >= 0.3 is 0 Å². The van der Waals surface area contributed by atoms with Crippen molar-refractivity contribution in [1.82, 2.24) is 10.2 Å². The van der Waals surface area contributed by atoms with Gasteiger partial charge in [0.25, 0.3) is 0 Å². The van der Waals surface area contributed by atoms with Gasteiger partial charge in [-0.25, -0.2) is 0 Å². The average molecular weight is 312 g/mol. The van der Waals surface area contributed by atoms with Crippen molar-refractivity contribution in [3.05, 3.63) is 66.2 Å². The largest absolute Gasteiger partial charge is 0.492 e. The molecule has 4 heteroatoms. The number of nitrogens with zero attached hydrogens (tertiary/aromatic N) is 1. The molecule has 2 aromatic carbocycles. The molecule has 0 heterocycles. The standard InChI is InChI=1S/C19H24N2O2/c1-16(17-9-5-3-6-10-17)20-19(22)15-21(2)13-14-23-18-11-7-4-8-12-18/h3-12,16H,13-15H2,1-2H3,(H,20,22)/t16-/m0/s1. The summed E-state index contributed by atoms with van der Waals surface area (Å²) >= 11 is 0. The molecule has 0 unspecified atom stereocenters. The molecule has 23 heavy (non-hydrogen) atoms. The summed E-state index contributed by atoms with van der Waals surface area (Å²) in [6.45, 7) is 3.60. The van der Waals surface area contributed by atoms with E-state index in [4.69, 9.17) is 4.74 Å². The third kappa shape index (κ3) is 6.12. The lowest BCUT2D eigenvalue weighted by Crippen LogP contribution is -2.38. The highest BCUT2D eigenvalue weighted by atomic mass is 16.5. The first kappa shape index (κ1) is 17.0. The Labute approximate surface area is 138 Å². The number of hydrogen-bond donors (Lipinski definition) is 1. The van der Waals surface area contributed by atoms with Crippen LogP contribution in [0.1, 0.15) is 18.5 Å². The highest BCUT2D eigenvalue weighted by molar-refractivity contribution is 5.78. The number of para-hydroxylation sites is 1. The molecule has 0 bridgehead atoms. The van der Waals surface area contributed by atoms with Crippen molar-refractivity contribution >= 4 is 5.91 Å². The number of carbonyl (C=O) groups is 1. The van der Waals surface area contributed by atoms with Gasteiger partial charge in [0, 0.05) is 6.54 Å². The number of ether oxygens (including phenoxy) is 1. The van der Waals surface area contributed by atoms with Crippen molar-refractivity contribution in [1.29, 1.82) is 0 Å². The summed E-state index contributed by atoms with van der Waals surface area (Å²) in [6.07, 6.45) is 0. The molecule has 0 radical (unpaired) electrons. The Kier molecular flexibility index (Phi) is 6.63. The SMILES string of the molecule is C[C@H](NC(=O)CN(C)CCOc1ccccc1)c1ccccc1. The van der Waals surface area contributed by atoms with Gasteiger partial charge in [-0.1, -0.05) is 48.5 Å². The van der Waals surface area contributed by atoms with Gasteiger partial charge in [-0.15, -0.1) is 0 Å². The molecule has 2 rings (SSSR count). The molecule has 122 valence electrons. The van der Waals surface area contributed by atoms with Gasteiger partial charge in [0.2, 0.25) is 5.91 Å². The minimum Gasteiger partial charge on any atom is -0.492 e. The van der Waals surface area contributed by atoms with Crippen LogP contribution in [-0.2, 0) is 4.79 Å². The van der Waals surface area contributed by atoms with E-state index in [9.17, 15) is 4.79 Å². The Bertz CT molecular complexity index is 587. The number of nitrogens with one attached hydrogen (secondary N) is 1. The minimum absolute atomic E-state index is 0.0117. The summed E-state index contributed by atoms with van der Waals surface area (Å²) in [5.41, 5.74) is 1.11. The molecule has 2 aromatic rings. The normalized spacial score (nSPS) is 12.0. The van der Waals surface area contributed by atoms with Gasteiger partial charge in [0.1, 0.15) is 12.4 Å². The zero-order valence-corrected chi connectivity index (χ0v) is 13.7. The Hall–Kier alpha value is -2.33. The molecule has 4 nitrogen and oxygen atoms in total. The fourth-order valence-electron chi connectivity index (χ4n) is 2.27. The lowest BCUT2D eigenvalue weighted by Gasteiger charge is -2.19. The second-order valence-corrected chi connectivity index (χ2v) is 5.60. The summed E-state index contributed by atoms with van der Waals surface area (Å²) < 4.78 is 5.64. The van der Waals surface area contributed by atoms with Crippen LogP contribution in [0.15, 0.2) is 60.7 Å². The lowest BCUT2D eigenvalue weighted by atomic mass is 10.1. The second kappa shape index (κ2) is 8.96. The molecule has 1 amide bonds. The van der Waals surface area contributed by atoms with Gasteiger partial charge in [-0.2, -0.15) is 0 Å². The zero-order valence-electron chi connectivity index (χ0n) is 13.7. The van der Waals surface area contributed by atoms with Gasteiger partial charge in [-0.05, 0) is 31.7 Å². The van der Waals surface area contributed by atoms with E-state index in [1.165, 1.54) is 0 Å². The molecule has 0 saturated carbocycles. The van der Waals surface area contributed by atoms with Crippen molar-refractivity contribution < 1.29 is 9.53 Å². The molecule has 0 aliphatic rings.